The summed E-state index contributed by atoms with van der Waals surface area (Å²) in [5.74, 6) is 1.75. The number of carbonyl (C=O) groups excluding carboxylic acids is 1. The van der Waals surface area contributed by atoms with Gasteiger partial charge in [-0.05, 0) is 49.6 Å². The number of hydrogen-bond acceptors (Lipinski definition) is 6. The van der Waals surface area contributed by atoms with Crippen molar-refractivity contribution in [3.8, 4) is 11.5 Å². The Hall–Kier alpha value is -2.22. The Morgan fingerprint density at radius 2 is 1.87 bits per heavy atom. The summed E-state index contributed by atoms with van der Waals surface area (Å²) in [5, 5.41) is 3.05. The van der Waals surface area contributed by atoms with Gasteiger partial charge in [0.05, 0.1) is 20.3 Å². The summed E-state index contributed by atoms with van der Waals surface area (Å²) in [7, 11) is 3.37. The third kappa shape index (κ3) is 5.68. The van der Waals surface area contributed by atoms with E-state index in [1.807, 2.05) is 55.6 Å². The molecule has 1 heterocycles. The number of nitrogens with one attached hydrogen (secondary N) is 1. The molecular weight excluding hydrogens is 398 g/mol. The van der Waals surface area contributed by atoms with Crippen LogP contribution in [-0.2, 0) is 11.3 Å². The van der Waals surface area contributed by atoms with E-state index in [-0.39, 0.29) is 11.9 Å². The van der Waals surface area contributed by atoms with Gasteiger partial charge in [-0.2, -0.15) is 0 Å². The monoisotopic (exact) mass is 429 g/mol. The van der Waals surface area contributed by atoms with Gasteiger partial charge in [0.2, 0.25) is 5.91 Å². The van der Waals surface area contributed by atoms with Crippen molar-refractivity contribution in [3.05, 3.63) is 48.0 Å². The molecular formula is C23H31N3O3S. The largest absolute Gasteiger partial charge is 0.497 e. The molecule has 3 rings (SSSR count). The quantitative estimate of drug-likeness (QED) is 0.648. The Morgan fingerprint density at radius 1 is 1.10 bits per heavy atom. The van der Waals surface area contributed by atoms with Crippen LogP contribution in [0.4, 0.5) is 5.69 Å². The van der Waals surface area contributed by atoms with Gasteiger partial charge in [-0.3, -0.25) is 14.6 Å². The molecule has 2 aromatic rings. The Bertz CT molecular complexity index is 853. The number of rotatable bonds is 8. The maximum atomic E-state index is 12.7. The highest BCUT2D eigenvalue weighted by Gasteiger charge is 2.26. The van der Waals surface area contributed by atoms with Gasteiger partial charge >= 0.3 is 0 Å². The Morgan fingerprint density at radius 3 is 2.53 bits per heavy atom. The highest BCUT2D eigenvalue weighted by atomic mass is 32.2. The van der Waals surface area contributed by atoms with Gasteiger partial charge < -0.3 is 14.8 Å². The minimum absolute atomic E-state index is 0.0381. The van der Waals surface area contributed by atoms with E-state index in [9.17, 15) is 4.79 Å². The molecule has 0 aliphatic carbocycles. The lowest BCUT2D eigenvalue weighted by Gasteiger charge is -2.37. The number of anilines is 1. The van der Waals surface area contributed by atoms with E-state index in [4.69, 9.17) is 9.47 Å². The predicted octanol–water partition coefficient (Wildman–Crippen LogP) is 3.57. The molecule has 7 heteroatoms. The van der Waals surface area contributed by atoms with Crippen LogP contribution in [0.5, 0.6) is 11.5 Å². The molecule has 6 nitrogen and oxygen atoms in total. The van der Waals surface area contributed by atoms with E-state index in [2.05, 4.69) is 15.1 Å². The van der Waals surface area contributed by atoms with Crippen molar-refractivity contribution < 1.29 is 14.3 Å². The Kier molecular flexibility index (Phi) is 8.01. The van der Waals surface area contributed by atoms with Crippen LogP contribution in [-0.4, -0.2) is 68.4 Å². The first kappa shape index (κ1) is 22.5. The third-order valence-corrected chi connectivity index (χ3v) is 6.28. The van der Waals surface area contributed by atoms with E-state index in [1.165, 1.54) is 0 Å². The van der Waals surface area contributed by atoms with Gasteiger partial charge in [-0.25, -0.2) is 0 Å². The van der Waals surface area contributed by atoms with Gasteiger partial charge in [0.15, 0.2) is 0 Å². The van der Waals surface area contributed by atoms with Crippen molar-refractivity contribution in [3.63, 3.8) is 0 Å². The fourth-order valence-electron chi connectivity index (χ4n) is 3.67. The highest BCUT2D eigenvalue weighted by Crippen LogP contribution is 2.26. The third-order valence-electron chi connectivity index (χ3n) is 5.55. The van der Waals surface area contributed by atoms with E-state index in [0.29, 0.717) is 0 Å². The van der Waals surface area contributed by atoms with Crippen LogP contribution in [0.15, 0.2) is 47.4 Å². The van der Waals surface area contributed by atoms with Crippen molar-refractivity contribution in [1.82, 2.24) is 9.80 Å². The molecule has 1 N–H and O–H groups in total. The maximum absolute atomic E-state index is 12.7. The summed E-state index contributed by atoms with van der Waals surface area (Å²) in [6.07, 6.45) is 2.03. The van der Waals surface area contributed by atoms with Crippen LogP contribution in [0.3, 0.4) is 0 Å². The van der Waals surface area contributed by atoms with Crippen LogP contribution in [0.2, 0.25) is 0 Å². The molecule has 0 aromatic heterocycles. The zero-order valence-corrected chi connectivity index (χ0v) is 19.0. The lowest BCUT2D eigenvalue weighted by Crippen LogP contribution is -2.52. The lowest BCUT2D eigenvalue weighted by molar-refractivity contribution is -0.121. The number of nitrogens with zero attached hydrogens (tertiary/aromatic N) is 2. The van der Waals surface area contributed by atoms with Gasteiger partial charge in [-0.15, -0.1) is 11.8 Å². The molecule has 1 amide bonds. The second-order valence-corrected chi connectivity index (χ2v) is 8.27. The number of benzene rings is 2. The average molecular weight is 430 g/mol. The maximum Gasteiger partial charge on any atom is 0.241 e. The molecule has 0 bridgehead atoms. The number of piperazine rings is 1. The number of hydrogen-bond donors (Lipinski definition) is 1. The van der Waals surface area contributed by atoms with Crippen molar-refractivity contribution in [2.45, 2.75) is 24.4 Å². The molecule has 30 heavy (non-hydrogen) atoms. The van der Waals surface area contributed by atoms with Crippen molar-refractivity contribution in [2.75, 3.05) is 52.0 Å². The fourth-order valence-corrected chi connectivity index (χ4v) is 4.13. The van der Waals surface area contributed by atoms with Gasteiger partial charge in [0.1, 0.15) is 11.5 Å². The molecule has 1 fully saturated rings. The van der Waals surface area contributed by atoms with Crippen LogP contribution >= 0.6 is 11.8 Å². The molecule has 1 saturated heterocycles. The van der Waals surface area contributed by atoms with E-state index in [1.54, 1.807) is 26.0 Å². The first-order valence-corrected chi connectivity index (χ1v) is 11.4. The number of ether oxygens (including phenoxy) is 2. The fraction of sp³-hybridized carbons (Fsp3) is 0.435. The predicted molar refractivity (Wildman–Crippen MR) is 123 cm³/mol. The summed E-state index contributed by atoms with van der Waals surface area (Å²) in [6, 6.07) is 13.7. The molecule has 0 saturated carbocycles. The second-order valence-electron chi connectivity index (χ2n) is 7.39. The smallest absolute Gasteiger partial charge is 0.241 e. The molecule has 1 atom stereocenters. The molecule has 1 aliphatic rings. The SMILES string of the molecule is COc1ccc(OC)c(CN2CCN(C(C)C(=O)Nc3cccc(SC)c3)CC2)c1. The minimum Gasteiger partial charge on any atom is -0.497 e. The number of amides is 1. The van der Waals surface area contributed by atoms with E-state index < -0.39 is 0 Å². The van der Waals surface area contributed by atoms with Gasteiger partial charge in [0, 0.05) is 48.9 Å². The molecule has 1 aliphatic heterocycles. The number of carbonyl (C=O) groups is 1. The summed E-state index contributed by atoms with van der Waals surface area (Å²) in [4.78, 5) is 18.5. The number of thioether (sulfide) groups is 1. The van der Waals surface area contributed by atoms with Crippen LogP contribution < -0.4 is 14.8 Å². The Balaban J connectivity index is 1.54. The number of methoxy groups -OCH3 is 2. The summed E-state index contributed by atoms with van der Waals surface area (Å²) in [6.45, 7) is 6.29. The molecule has 1 unspecified atom stereocenters. The zero-order chi connectivity index (χ0) is 21.5. The van der Waals surface area contributed by atoms with E-state index in [0.717, 1.165) is 60.4 Å². The molecule has 0 radical (unpaired) electrons. The van der Waals surface area contributed by atoms with Crippen molar-refractivity contribution >= 4 is 23.4 Å². The standard InChI is InChI=1S/C23H31N3O3S/c1-17(23(27)24-19-6-5-7-21(15-19)30-4)26-12-10-25(11-13-26)16-18-14-20(28-2)8-9-22(18)29-3/h5-9,14-15,17H,10-13,16H2,1-4H3,(H,24,27). The van der Waals surface area contributed by atoms with Crippen LogP contribution in [0, 0.1) is 0 Å². The average Bonchev–Trinajstić information content (AvgIpc) is 2.79. The molecule has 162 valence electrons. The first-order chi connectivity index (χ1) is 14.5. The zero-order valence-electron chi connectivity index (χ0n) is 18.2. The van der Waals surface area contributed by atoms with E-state index >= 15 is 0 Å². The topological polar surface area (TPSA) is 54.0 Å². The van der Waals surface area contributed by atoms with Gasteiger partial charge in [-0.1, -0.05) is 6.07 Å². The van der Waals surface area contributed by atoms with Gasteiger partial charge in [0.25, 0.3) is 0 Å². The first-order valence-electron chi connectivity index (χ1n) is 10.2. The molecule has 0 spiro atoms. The second kappa shape index (κ2) is 10.7. The minimum atomic E-state index is -0.170. The molecule has 2 aromatic carbocycles. The van der Waals surface area contributed by atoms with Crippen molar-refractivity contribution in [2.24, 2.45) is 0 Å². The normalized spacial score (nSPS) is 16.1. The summed E-state index contributed by atoms with van der Waals surface area (Å²) < 4.78 is 10.9. The highest BCUT2D eigenvalue weighted by molar-refractivity contribution is 7.98. The summed E-state index contributed by atoms with van der Waals surface area (Å²) in [5.41, 5.74) is 1.97. The van der Waals surface area contributed by atoms with Crippen molar-refractivity contribution in [1.29, 1.82) is 0 Å². The van der Waals surface area contributed by atoms with Crippen LogP contribution in [0.25, 0.3) is 0 Å². The summed E-state index contributed by atoms with van der Waals surface area (Å²) >= 11 is 1.67. The van der Waals surface area contributed by atoms with Crippen LogP contribution in [0.1, 0.15) is 12.5 Å². The lowest BCUT2D eigenvalue weighted by atomic mass is 10.1. The Labute approximate surface area is 183 Å².